The summed E-state index contributed by atoms with van der Waals surface area (Å²) in [7, 11) is 0. The molecule has 0 bridgehead atoms. The molecule has 0 saturated carbocycles. The normalized spacial score (nSPS) is 20.7. The summed E-state index contributed by atoms with van der Waals surface area (Å²) in [5, 5.41) is 12.1. The third-order valence-electron chi connectivity index (χ3n) is 6.34. The molecule has 1 saturated heterocycles. The molecule has 36 heavy (non-hydrogen) atoms. The van der Waals surface area contributed by atoms with Crippen LogP contribution in [-0.4, -0.2) is 27.9 Å². The molecule has 1 aromatic heterocycles. The summed E-state index contributed by atoms with van der Waals surface area (Å²) in [5.74, 6) is -1.64. The molecule has 1 fully saturated rings. The largest absolute Gasteiger partial charge is 0.507 e. The van der Waals surface area contributed by atoms with Gasteiger partial charge in [-0.2, -0.15) is 0 Å². The Morgan fingerprint density at radius 2 is 1.92 bits per heavy atom. The molecule has 3 heterocycles. The van der Waals surface area contributed by atoms with E-state index in [1.54, 1.807) is 42.5 Å². The number of amides is 1. The number of anilines is 1. The van der Waals surface area contributed by atoms with Crippen molar-refractivity contribution in [3.63, 3.8) is 0 Å². The van der Waals surface area contributed by atoms with Crippen molar-refractivity contribution >= 4 is 55.7 Å². The Morgan fingerprint density at radius 3 is 2.69 bits per heavy atom. The monoisotopic (exact) mass is 520 g/mol. The first-order chi connectivity index (χ1) is 17.3. The van der Waals surface area contributed by atoms with Crippen LogP contribution < -0.4 is 9.64 Å². The maximum absolute atomic E-state index is 13.8. The lowest BCUT2D eigenvalue weighted by molar-refractivity contribution is -0.132. The van der Waals surface area contributed by atoms with Gasteiger partial charge in [-0.1, -0.05) is 35.1 Å². The maximum Gasteiger partial charge on any atom is 0.301 e. The van der Waals surface area contributed by atoms with Crippen molar-refractivity contribution in [3.8, 4) is 5.75 Å². The highest BCUT2D eigenvalue weighted by molar-refractivity contribution is 7.22. The Hall–Kier alpha value is -3.75. The number of ether oxygens (including phenoxy) is 1. The molecule has 180 valence electrons. The van der Waals surface area contributed by atoms with E-state index in [4.69, 9.17) is 16.3 Å². The summed E-state index contributed by atoms with van der Waals surface area (Å²) in [4.78, 5) is 32.5. The first-order valence-electron chi connectivity index (χ1n) is 11.2. The molecule has 1 N–H and O–H groups in total. The van der Waals surface area contributed by atoms with Gasteiger partial charge < -0.3 is 9.84 Å². The molecule has 0 unspecified atom stereocenters. The number of halogens is 2. The van der Waals surface area contributed by atoms with Crippen molar-refractivity contribution in [2.75, 3.05) is 4.90 Å². The number of ketones is 1. The lowest BCUT2D eigenvalue weighted by Gasteiger charge is -2.23. The minimum absolute atomic E-state index is 0.0147. The summed E-state index contributed by atoms with van der Waals surface area (Å²) in [6.45, 7) is 1.95. The van der Waals surface area contributed by atoms with Gasteiger partial charge in [-0.25, -0.2) is 9.37 Å². The van der Waals surface area contributed by atoms with E-state index >= 15 is 0 Å². The van der Waals surface area contributed by atoms with Crippen LogP contribution in [0.1, 0.15) is 29.7 Å². The standard InChI is InChI=1S/C27H18ClFN2O4S/c1-13-10-16-11-15(4-9-20(16)35-13)24(32)22-23(14-2-5-17(28)6-3-14)31(26(34)25(22)33)27-30-19-8-7-18(29)12-21(19)36-27/h2-9,11-13,23,32H,10H2,1H3/t13-,23-/m1/s1. The van der Waals surface area contributed by atoms with E-state index in [0.717, 1.165) is 22.6 Å². The van der Waals surface area contributed by atoms with E-state index in [9.17, 15) is 19.1 Å². The third-order valence-corrected chi connectivity index (χ3v) is 7.61. The Labute approximate surface area is 214 Å². The van der Waals surface area contributed by atoms with Crippen LogP contribution >= 0.6 is 22.9 Å². The smallest absolute Gasteiger partial charge is 0.301 e. The number of aliphatic hydroxyl groups excluding tert-OH is 1. The van der Waals surface area contributed by atoms with Crippen molar-refractivity contribution in [1.29, 1.82) is 0 Å². The molecule has 9 heteroatoms. The highest BCUT2D eigenvalue weighted by Gasteiger charge is 2.48. The van der Waals surface area contributed by atoms with Crippen LogP contribution in [0.3, 0.4) is 0 Å². The lowest BCUT2D eigenvalue weighted by Crippen LogP contribution is -2.29. The fraction of sp³-hybridized carbons (Fsp3) is 0.148. The van der Waals surface area contributed by atoms with Gasteiger partial charge in [0.2, 0.25) is 0 Å². The van der Waals surface area contributed by atoms with E-state index in [-0.39, 0.29) is 22.6 Å². The minimum atomic E-state index is -0.948. The van der Waals surface area contributed by atoms with Gasteiger partial charge in [0.25, 0.3) is 5.78 Å². The quantitative estimate of drug-likeness (QED) is 0.202. The third kappa shape index (κ3) is 3.65. The van der Waals surface area contributed by atoms with E-state index in [1.807, 2.05) is 6.92 Å². The molecular weight excluding hydrogens is 503 g/mol. The van der Waals surface area contributed by atoms with Crippen molar-refractivity contribution in [1.82, 2.24) is 4.98 Å². The van der Waals surface area contributed by atoms with Gasteiger partial charge in [-0.05, 0) is 66.6 Å². The molecule has 0 spiro atoms. The number of aromatic nitrogens is 1. The number of Topliss-reactive ketones (excluding diaryl/α,β-unsaturated/α-hetero) is 1. The van der Waals surface area contributed by atoms with Crippen LogP contribution in [0.15, 0.2) is 66.2 Å². The number of hydrogen-bond acceptors (Lipinski definition) is 6. The molecule has 2 aliphatic rings. The molecule has 4 aromatic rings. The second-order valence-electron chi connectivity index (χ2n) is 8.78. The molecule has 6 rings (SSSR count). The Bertz CT molecular complexity index is 1600. The number of carbonyl (C=O) groups excluding carboxylic acids is 2. The van der Waals surface area contributed by atoms with Crippen molar-refractivity contribution < 1.29 is 23.8 Å². The van der Waals surface area contributed by atoms with Crippen LogP contribution in [-0.2, 0) is 16.0 Å². The number of rotatable bonds is 3. The lowest BCUT2D eigenvalue weighted by atomic mass is 9.94. The van der Waals surface area contributed by atoms with Gasteiger partial charge >= 0.3 is 5.91 Å². The molecule has 6 nitrogen and oxygen atoms in total. The van der Waals surface area contributed by atoms with Crippen LogP contribution in [0.4, 0.5) is 9.52 Å². The zero-order chi connectivity index (χ0) is 25.1. The number of aliphatic hydroxyl groups is 1. The summed E-state index contributed by atoms with van der Waals surface area (Å²) in [6, 6.07) is 15.1. The highest BCUT2D eigenvalue weighted by Crippen LogP contribution is 2.45. The first-order valence-corrected chi connectivity index (χ1v) is 12.4. The van der Waals surface area contributed by atoms with Gasteiger partial charge in [-0.3, -0.25) is 14.5 Å². The van der Waals surface area contributed by atoms with Gasteiger partial charge in [0.15, 0.2) is 5.13 Å². The predicted octanol–water partition coefficient (Wildman–Crippen LogP) is 6.04. The molecule has 2 atom stereocenters. The number of nitrogens with zero attached hydrogens (tertiary/aromatic N) is 2. The van der Waals surface area contributed by atoms with Gasteiger partial charge in [-0.15, -0.1) is 0 Å². The average Bonchev–Trinajstić information content (AvgIpc) is 3.51. The van der Waals surface area contributed by atoms with Crippen molar-refractivity contribution in [2.45, 2.75) is 25.5 Å². The molecule has 2 aliphatic heterocycles. The number of benzene rings is 3. The summed E-state index contributed by atoms with van der Waals surface area (Å²) >= 11 is 7.19. The molecule has 3 aromatic carbocycles. The molecular formula is C27H18ClFN2O4S. The Balaban J connectivity index is 1.53. The van der Waals surface area contributed by atoms with Crippen molar-refractivity contribution in [2.24, 2.45) is 0 Å². The zero-order valence-electron chi connectivity index (χ0n) is 18.9. The number of hydrogen-bond donors (Lipinski definition) is 1. The van der Waals surface area contributed by atoms with E-state index in [0.29, 0.717) is 32.8 Å². The average molecular weight is 521 g/mol. The molecule has 0 aliphatic carbocycles. The van der Waals surface area contributed by atoms with E-state index in [2.05, 4.69) is 4.98 Å². The highest BCUT2D eigenvalue weighted by atomic mass is 35.5. The Morgan fingerprint density at radius 1 is 1.14 bits per heavy atom. The zero-order valence-corrected chi connectivity index (χ0v) is 20.4. The van der Waals surface area contributed by atoms with Gasteiger partial charge in [0.05, 0.1) is 21.8 Å². The fourth-order valence-electron chi connectivity index (χ4n) is 4.70. The van der Waals surface area contributed by atoms with Crippen LogP contribution in [0, 0.1) is 5.82 Å². The van der Waals surface area contributed by atoms with Crippen molar-refractivity contribution in [3.05, 3.63) is 93.8 Å². The fourth-order valence-corrected chi connectivity index (χ4v) is 5.85. The SMILES string of the molecule is C[C@@H]1Cc2cc(C(O)=C3C(=O)C(=O)N(c4nc5ccc(F)cc5s4)[C@@H]3c3ccc(Cl)cc3)ccc2O1. The van der Waals surface area contributed by atoms with E-state index in [1.165, 1.54) is 23.1 Å². The summed E-state index contributed by atoms with van der Waals surface area (Å²) in [5.41, 5.74) is 2.34. The minimum Gasteiger partial charge on any atom is -0.507 e. The first kappa shape index (κ1) is 22.7. The summed E-state index contributed by atoms with van der Waals surface area (Å²) < 4.78 is 20.1. The van der Waals surface area contributed by atoms with Crippen LogP contribution in [0.25, 0.3) is 16.0 Å². The van der Waals surface area contributed by atoms with Gasteiger partial charge in [0, 0.05) is 17.0 Å². The number of thiazole rings is 1. The van der Waals surface area contributed by atoms with Gasteiger partial charge in [0.1, 0.15) is 23.4 Å². The maximum atomic E-state index is 13.8. The van der Waals surface area contributed by atoms with E-state index < -0.39 is 23.5 Å². The van der Waals surface area contributed by atoms with Crippen LogP contribution in [0.2, 0.25) is 5.02 Å². The summed E-state index contributed by atoms with van der Waals surface area (Å²) in [6.07, 6.45) is 0.689. The second kappa shape index (κ2) is 8.43. The number of fused-ring (bicyclic) bond motifs is 2. The molecule has 0 radical (unpaired) electrons. The number of carbonyl (C=O) groups is 2. The van der Waals surface area contributed by atoms with Crippen LogP contribution in [0.5, 0.6) is 5.75 Å². The Kier molecular flexibility index (Phi) is 5.31. The predicted molar refractivity (Wildman–Crippen MR) is 136 cm³/mol. The topological polar surface area (TPSA) is 79.7 Å². The second-order valence-corrected chi connectivity index (χ2v) is 10.2. The molecule has 1 amide bonds.